The van der Waals surface area contributed by atoms with Gasteiger partial charge in [0.25, 0.3) is 0 Å². The fourth-order valence-electron chi connectivity index (χ4n) is 3.77. The van der Waals surface area contributed by atoms with Crippen LogP contribution in [0.15, 0.2) is 29.4 Å². The Kier molecular flexibility index (Phi) is 9.04. The van der Waals surface area contributed by atoms with Gasteiger partial charge in [0.05, 0.1) is 12.1 Å². The highest BCUT2D eigenvalue weighted by molar-refractivity contribution is 8.14. The molecule has 10 heteroatoms. The Labute approximate surface area is 194 Å². The highest BCUT2D eigenvalue weighted by Gasteiger charge is 2.26. The zero-order valence-corrected chi connectivity index (χ0v) is 19.7. The zero-order valence-electron chi connectivity index (χ0n) is 18.8. The van der Waals surface area contributed by atoms with Crippen molar-refractivity contribution in [1.29, 1.82) is 0 Å². The summed E-state index contributed by atoms with van der Waals surface area (Å²) in [6, 6.07) is 7.14. The third-order valence-corrected chi connectivity index (χ3v) is 6.71. The molecule has 176 valence electrons. The average molecular weight is 463 g/mol. The van der Waals surface area contributed by atoms with Gasteiger partial charge in [-0.1, -0.05) is 43.7 Å². The monoisotopic (exact) mass is 462 g/mol. The van der Waals surface area contributed by atoms with Crippen LogP contribution < -0.4 is 16.1 Å². The molecule has 1 saturated heterocycles. The predicted molar refractivity (Wildman–Crippen MR) is 128 cm³/mol. The number of aromatic carboxylic acids is 1. The Morgan fingerprint density at radius 1 is 1.31 bits per heavy atom. The number of unbranched alkanes of at least 4 members (excludes halogenated alkanes) is 1. The molecule has 2 unspecified atom stereocenters. The minimum Gasteiger partial charge on any atom is -0.478 e. The molecule has 0 radical (unpaired) electrons. The molecular weight excluding hydrogens is 428 g/mol. The van der Waals surface area contributed by atoms with Gasteiger partial charge in [0.1, 0.15) is 5.37 Å². The average Bonchev–Trinajstić information content (AvgIpc) is 2.78. The molecule has 0 saturated carbocycles. The number of carboxylic acid groups (broad SMARTS) is 1. The molecule has 2 aliphatic rings. The number of hydrogen-bond acceptors (Lipinski definition) is 7. The number of carbonyl (C=O) groups excluding carboxylic acids is 1. The Morgan fingerprint density at radius 3 is 2.81 bits per heavy atom. The van der Waals surface area contributed by atoms with E-state index in [0.717, 1.165) is 62.7 Å². The van der Waals surface area contributed by atoms with Crippen molar-refractivity contribution in [3.05, 3.63) is 35.4 Å². The number of amidine groups is 1. The molecule has 2 atom stereocenters. The predicted octanol–water partition coefficient (Wildman–Crippen LogP) is 2.31. The van der Waals surface area contributed by atoms with Crippen molar-refractivity contribution in [2.24, 2.45) is 5.10 Å². The van der Waals surface area contributed by atoms with E-state index in [0.29, 0.717) is 12.1 Å². The van der Waals surface area contributed by atoms with Crippen LogP contribution in [0.3, 0.4) is 0 Å². The van der Waals surface area contributed by atoms with E-state index < -0.39 is 5.97 Å². The second-order valence-electron chi connectivity index (χ2n) is 8.29. The lowest BCUT2D eigenvalue weighted by Gasteiger charge is -2.38. The first-order valence-corrected chi connectivity index (χ1v) is 12.2. The number of piperazine rings is 1. The van der Waals surface area contributed by atoms with E-state index in [4.69, 9.17) is 0 Å². The van der Waals surface area contributed by atoms with E-state index >= 15 is 0 Å². The number of thioether (sulfide) groups is 1. The van der Waals surface area contributed by atoms with E-state index in [1.165, 1.54) is 0 Å². The summed E-state index contributed by atoms with van der Waals surface area (Å²) in [6.07, 6.45) is 3.21. The van der Waals surface area contributed by atoms with Crippen LogP contribution in [0.4, 0.5) is 4.79 Å². The van der Waals surface area contributed by atoms with Crippen LogP contribution >= 0.6 is 11.8 Å². The Bertz CT molecular complexity index is 813. The third kappa shape index (κ3) is 7.30. The van der Waals surface area contributed by atoms with Gasteiger partial charge in [0.2, 0.25) is 0 Å². The summed E-state index contributed by atoms with van der Waals surface area (Å²) in [4.78, 5) is 28.0. The van der Waals surface area contributed by atoms with Crippen molar-refractivity contribution < 1.29 is 14.7 Å². The lowest BCUT2D eigenvalue weighted by Crippen LogP contribution is -2.52. The second kappa shape index (κ2) is 12.0. The van der Waals surface area contributed by atoms with Crippen molar-refractivity contribution >= 4 is 28.9 Å². The van der Waals surface area contributed by atoms with Crippen LogP contribution in [0.5, 0.6) is 0 Å². The van der Waals surface area contributed by atoms with Crippen LogP contribution in [0.2, 0.25) is 0 Å². The smallest absolute Gasteiger partial charge is 0.335 e. The quantitative estimate of drug-likeness (QED) is 0.469. The minimum atomic E-state index is -0.899. The normalized spacial score (nSPS) is 20.1. The van der Waals surface area contributed by atoms with Crippen molar-refractivity contribution in [2.45, 2.75) is 51.1 Å². The molecule has 0 aliphatic carbocycles. The van der Waals surface area contributed by atoms with Gasteiger partial charge < -0.3 is 26.1 Å². The first-order valence-electron chi connectivity index (χ1n) is 11.3. The molecule has 0 aromatic heterocycles. The van der Waals surface area contributed by atoms with Crippen molar-refractivity contribution in [3.63, 3.8) is 0 Å². The summed E-state index contributed by atoms with van der Waals surface area (Å²) >= 11 is 1.58. The molecule has 0 spiro atoms. The van der Waals surface area contributed by atoms with Gasteiger partial charge in [-0.2, -0.15) is 5.10 Å². The largest absolute Gasteiger partial charge is 0.478 e. The number of carboxylic acids is 1. The van der Waals surface area contributed by atoms with Crippen molar-refractivity contribution in [1.82, 2.24) is 25.9 Å². The zero-order chi connectivity index (χ0) is 22.9. The maximum absolute atomic E-state index is 12.3. The van der Waals surface area contributed by atoms with E-state index in [2.05, 4.69) is 37.9 Å². The summed E-state index contributed by atoms with van der Waals surface area (Å²) in [5.74, 6) is -0.899. The van der Waals surface area contributed by atoms with E-state index in [1.54, 1.807) is 30.0 Å². The maximum atomic E-state index is 12.3. The lowest BCUT2D eigenvalue weighted by atomic mass is 10.1. The van der Waals surface area contributed by atoms with Crippen LogP contribution in [-0.4, -0.2) is 76.2 Å². The number of nitrogens with zero attached hydrogens (tertiary/aromatic N) is 3. The number of hydrogen-bond donors (Lipinski definition) is 4. The van der Waals surface area contributed by atoms with Crippen molar-refractivity contribution in [3.8, 4) is 0 Å². The lowest BCUT2D eigenvalue weighted by molar-refractivity contribution is 0.0696. The summed E-state index contributed by atoms with van der Waals surface area (Å²) in [5, 5.41) is 20.5. The van der Waals surface area contributed by atoms with Gasteiger partial charge in [-0.05, 0) is 31.0 Å². The fourth-order valence-corrected chi connectivity index (χ4v) is 4.80. The topological polar surface area (TPSA) is 109 Å². The molecule has 1 fully saturated rings. The molecule has 9 nitrogen and oxygen atoms in total. The third-order valence-electron chi connectivity index (χ3n) is 5.58. The number of carbonyl (C=O) groups is 2. The summed E-state index contributed by atoms with van der Waals surface area (Å²) in [5.41, 5.74) is 4.39. The molecule has 4 N–H and O–H groups in total. The Morgan fingerprint density at radius 2 is 2.09 bits per heavy atom. The molecule has 32 heavy (non-hydrogen) atoms. The molecule has 1 aromatic carbocycles. The summed E-state index contributed by atoms with van der Waals surface area (Å²) < 4.78 is 0. The van der Waals surface area contributed by atoms with Crippen molar-refractivity contribution in [2.75, 3.05) is 32.7 Å². The Hall–Kier alpha value is -2.46. The first-order chi connectivity index (χ1) is 15.4. The van der Waals surface area contributed by atoms with Gasteiger partial charge in [0.15, 0.2) is 5.17 Å². The van der Waals surface area contributed by atoms with Gasteiger partial charge in [-0.3, -0.25) is 4.90 Å². The molecule has 3 rings (SSSR count). The minimum absolute atomic E-state index is 0.0716. The van der Waals surface area contributed by atoms with Crippen LogP contribution in [0.25, 0.3) is 0 Å². The number of rotatable bonds is 8. The van der Waals surface area contributed by atoms with Crippen LogP contribution in [-0.2, 0) is 6.54 Å². The molecule has 2 heterocycles. The van der Waals surface area contributed by atoms with Gasteiger partial charge in [0, 0.05) is 38.8 Å². The fraction of sp³-hybridized carbons (Fsp3) is 0.591. The Balaban J connectivity index is 1.43. The highest BCUT2D eigenvalue weighted by Crippen LogP contribution is 2.20. The van der Waals surface area contributed by atoms with Gasteiger partial charge in [-0.15, -0.1) is 0 Å². The van der Waals surface area contributed by atoms with Crippen LogP contribution in [0.1, 0.15) is 49.0 Å². The van der Waals surface area contributed by atoms with Crippen LogP contribution in [0, 0.1) is 0 Å². The molecular formula is C22H34N6O3S. The maximum Gasteiger partial charge on any atom is 0.335 e. The second-order valence-corrected chi connectivity index (χ2v) is 9.46. The molecule has 2 aliphatic heterocycles. The number of hydrazone groups is 1. The van der Waals surface area contributed by atoms with E-state index in [9.17, 15) is 14.7 Å². The summed E-state index contributed by atoms with van der Waals surface area (Å²) in [7, 11) is 0. The molecule has 1 aromatic rings. The van der Waals surface area contributed by atoms with E-state index in [-0.39, 0.29) is 17.4 Å². The van der Waals surface area contributed by atoms with Gasteiger partial charge in [-0.25, -0.2) is 9.59 Å². The number of benzene rings is 1. The van der Waals surface area contributed by atoms with E-state index in [1.807, 2.05) is 13.0 Å². The number of nitrogens with one attached hydrogen (secondary N) is 3. The molecule has 0 bridgehead atoms. The number of amides is 2. The number of urea groups is 1. The van der Waals surface area contributed by atoms with Gasteiger partial charge >= 0.3 is 12.0 Å². The SMILES string of the molecule is CCCCC(C)NC(=O)NC1CNN=C(N2CCN(Cc3cccc(C(=O)O)c3)CC2)S1. The summed E-state index contributed by atoms with van der Waals surface area (Å²) in [6.45, 7) is 8.89. The highest BCUT2D eigenvalue weighted by atomic mass is 32.2. The first kappa shape index (κ1) is 24.2. The standard InChI is InChI=1S/C22H34N6O3S/c1-3-4-6-16(2)24-21(31)25-19-14-23-26-22(32-19)28-11-9-27(10-12-28)15-17-7-5-8-18(13-17)20(29)30/h5,7-8,13,16,19,23H,3-4,6,9-12,14-15H2,1-2H3,(H,29,30)(H2,24,25,31). The molecule has 2 amide bonds.